The van der Waals surface area contributed by atoms with Crippen LogP contribution in [0, 0.1) is 9.39 Å². The van der Waals surface area contributed by atoms with Gasteiger partial charge in [-0.15, -0.1) is 0 Å². The molecule has 3 aromatic carbocycles. The number of esters is 1. The second-order valence-corrected chi connectivity index (χ2v) is 11.3. The van der Waals surface area contributed by atoms with E-state index < -0.39 is 24.3 Å². The minimum atomic E-state index is -1.18. The highest BCUT2D eigenvalue weighted by atomic mass is 127. The topological polar surface area (TPSA) is 149 Å². The number of rotatable bonds is 15. The van der Waals surface area contributed by atoms with Crippen LogP contribution in [-0.4, -0.2) is 56.5 Å². The van der Waals surface area contributed by atoms with Gasteiger partial charge in [-0.1, -0.05) is 18.2 Å². The predicted octanol–water partition coefficient (Wildman–Crippen LogP) is 4.93. The molecular weight excluding hydrogens is 726 g/mol. The number of allylic oxidation sites excluding steroid dienone is 1. The van der Waals surface area contributed by atoms with Gasteiger partial charge in [0.15, 0.2) is 29.2 Å². The number of amides is 2. The minimum Gasteiger partial charge on any atom is -0.490 e. The summed E-state index contributed by atoms with van der Waals surface area (Å²) in [5, 5.41) is 20.0. The van der Waals surface area contributed by atoms with Gasteiger partial charge >= 0.3 is 12.0 Å². The molecule has 1 aliphatic heterocycles. The van der Waals surface area contributed by atoms with Crippen molar-refractivity contribution in [1.29, 1.82) is 0 Å². The molecule has 2 atom stereocenters. The normalized spacial score (nSPS) is 15.0. The van der Waals surface area contributed by atoms with Crippen molar-refractivity contribution in [1.82, 2.24) is 16.1 Å². The van der Waals surface area contributed by atoms with Crippen LogP contribution >= 0.6 is 22.6 Å². The van der Waals surface area contributed by atoms with E-state index >= 15 is 0 Å². The number of hydrogen-bond acceptors (Lipinski definition) is 10. The van der Waals surface area contributed by atoms with Gasteiger partial charge in [-0.05, 0) is 96.5 Å². The SMILES string of the molecule is CCOc1cc([C@@H]2NC(=O)NC(C)=C2C(=O)OC)ccc1OC[C@H](O)N/N=C\c1cc(I)c(OCc2ccc(F)cc2)c(OCC)c1. The Kier molecular flexibility index (Phi) is 12.6. The van der Waals surface area contributed by atoms with Crippen LogP contribution in [0.4, 0.5) is 9.18 Å². The van der Waals surface area contributed by atoms with Gasteiger partial charge in [-0.3, -0.25) is 5.43 Å². The molecule has 14 heteroatoms. The summed E-state index contributed by atoms with van der Waals surface area (Å²) in [4.78, 5) is 24.6. The average Bonchev–Trinajstić information content (AvgIpc) is 3.04. The molecule has 1 heterocycles. The van der Waals surface area contributed by atoms with E-state index in [2.05, 4.69) is 43.8 Å². The third-order valence-corrected chi connectivity index (χ3v) is 7.54. The number of carbonyl (C=O) groups is 2. The van der Waals surface area contributed by atoms with Gasteiger partial charge in [0.05, 0.1) is 41.7 Å². The lowest BCUT2D eigenvalue weighted by Gasteiger charge is -2.28. The van der Waals surface area contributed by atoms with E-state index in [1.54, 1.807) is 50.2 Å². The second kappa shape index (κ2) is 16.8. The number of halogens is 2. The van der Waals surface area contributed by atoms with Crippen molar-refractivity contribution in [2.75, 3.05) is 26.9 Å². The number of ether oxygens (including phenoxy) is 5. The Morgan fingerprint density at radius 2 is 1.77 bits per heavy atom. The van der Waals surface area contributed by atoms with Crippen LogP contribution < -0.4 is 35.0 Å². The van der Waals surface area contributed by atoms with E-state index in [-0.39, 0.29) is 24.6 Å². The molecule has 0 spiro atoms. The van der Waals surface area contributed by atoms with Crippen LogP contribution in [0.15, 0.2) is 71.0 Å². The molecule has 4 N–H and O–H groups in total. The summed E-state index contributed by atoms with van der Waals surface area (Å²) in [6.45, 7) is 6.09. The maximum Gasteiger partial charge on any atom is 0.337 e. The molecule has 0 aliphatic carbocycles. The van der Waals surface area contributed by atoms with Crippen LogP contribution in [0.3, 0.4) is 0 Å². The Morgan fingerprint density at radius 3 is 2.47 bits per heavy atom. The molecule has 4 rings (SSSR count). The molecule has 0 saturated carbocycles. The summed E-state index contributed by atoms with van der Waals surface area (Å²) in [6, 6.07) is 13.4. The van der Waals surface area contributed by atoms with Crippen molar-refractivity contribution in [2.45, 2.75) is 39.6 Å². The van der Waals surface area contributed by atoms with E-state index in [4.69, 9.17) is 23.7 Å². The minimum absolute atomic E-state index is 0.175. The number of carbonyl (C=O) groups excluding carboxylic acids is 2. The van der Waals surface area contributed by atoms with Crippen molar-refractivity contribution in [3.8, 4) is 23.0 Å². The first-order chi connectivity index (χ1) is 22.6. The van der Waals surface area contributed by atoms with Crippen molar-refractivity contribution >= 4 is 40.8 Å². The first-order valence-corrected chi connectivity index (χ1v) is 15.8. The first kappa shape index (κ1) is 35.3. The van der Waals surface area contributed by atoms with E-state index in [1.165, 1.54) is 25.5 Å². The van der Waals surface area contributed by atoms with Gasteiger partial charge in [0.25, 0.3) is 0 Å². The summed E-state index contributed by atoms with van der Waals surface area (Å²) >= 11 is 2.14. The number of benzene rings is 3. The number of nitrogens with one attached hydrogen (secondary N) is 3. The van der Waals surface area contributed by atoms with Gasteiger partial charge in [0, 0.05) is 5.70 Å². The highest BCUT2D eigenvalue weighted by Gasteiger charge is 2.32. The number of methoxy groups -OCH3 is 1. The lowest BCUT2D eigenvalue weighted by molar-refractivity contribution is -0.136. The Morgan fingerprint density at radius 1 is 1.04 bits per heavy atom. The summed E-state index contributed by atoms with van der Waals surface area (Å²) in [6.07, 6.45) is 0.351. The lowest BCUT2D eigenvalue weighted by Crippen LogP contribution is -2.45. The molecule has 1 aliphatic rings. The summed E-state index contributed by atoms with van der Waals surface area (Å²) in [5.74, 6) is 0.881. The maximum absolute atomic E-state index is 13.2. The average molecular weight is 763 g/mol. The first-order valence-electron chi connectivity index (χ1n) is 14.7. The zero-order valence-corrected chi connectivity index (χ0v) is 28.4. The summed E-state index contributed by atoms with van der Waals surface area (Å²) in [7, 11) is 1.27. The number of nitrogens with zero attached hydrogens (tertiary/aromatic N) is 1. The van der Waals surface area contributed by atoms with Crippen molar-refractivity contribution < 1.29 is 42.8 Å². The Balaban J connectivity index is 1.40. The third-order valence-electron chi connectivity index (χ3n) is 6.74. The fourth-order valence-electron chi connectivity index (χ4n) is 4.62. The lowest BCUT2D eigenvalue weighted by atomic mass is 9.95. The number of urea groups is 1. The van der Waals surface area contributed by atoms with E-state index in [0.29, 0.717) is 53.0 Å². The molecule has 12 nitrogen and oxygen atoms in total. The molecule has 0 aromatic heterocycles. The van der Waals surface area contributed by atoms with Crippen molar-refractivity contribution in [3.63, 3.8) is 0 Å². The van der Waals surface area contributed by atoms with Crippen LogP contribution in [0.5, 0.6) is 23.0 Å². The summed E-state index contributed by atoms with van der Waals surface area (Å²) in [5.41, 5.74) is 5.36. The molecule has 0 unspecified atom stereocenters. The number of aliphatic hydroxyl groups excluding tert-OH is 1. The largest absolute Gasteiger partial charge is 0.490 e. The van der Waals surface area contributed by atoms with Crippen LogP contribution in [0.1, 0.15) is 43.5 Å². The van der Waals surface area contributed by atoms with Crippen LogP contribution in [0.25, 0.3) is 0 Å². The Hall–Kier alpha value is -4.57. The monoisotopic (exact) mass is 762 g/mol. The molecule has 0 radical (unpaired) electrons. The number of hydrazone groups is 1. The molecule has 2 amide bonds. The van der Waals surface area contributed by atoms with Gasteiger partial charge in [-0.25, -0.2) is 14.0 Å². The van der Waals surface area contributed by atoms with E-state index in [9.17, 15) is 19.1 Å². The fourth-order valence-corrected chi connectivity index (χ4v) is 5.40. The number of hydrogen-bond donors (Lipinski definition) is 4. The standard InChI is InChI=1S/C33H36FIN4O8/c1-5-44-26-15-22(30-29(32(41)43-4)19(3)37-33(42)38-30)9-12-25(26)46-18-28(40)39-36-16-21-13-24(35)31(27(14-21)45-6-2)47-17-20-7-10-23(34)11-8-20/h7-16,28,30,39-40H,5-6,17-18H2,1-4H3,(H2,37,38,42)/b36-16-/t28-,30-/m0/s1. The zero-order valence-electron chi connectivity index (χ0n) is 26.3. The molecule has 3 aromatic rings. The van der Waals surface area contributed by atoms with E-state index in [1.807, 2.05) is 13.0 Å². The Labute approximate surface area is 285 Å². The molecule has 250 valence electrons. The molecular formula is C33H36FIN4O8. The van der Waals surface area contributed by atoms with Gasteiger partial charge in [-0.2, -0.15) is 5.10 Å². The van der Waals surface area contributed by atoms with Gasteiger partial charge in [0.1, 0.15) is 19.0 Å². The maximum atomic E-state index is 13.2. The van der Waals surface area contributed by atoms with Gasteiger partial charge < -0.3 is 39.4 Å². The molecule has 0 fully saturated rings. The second-order valence-electron chi connectivity index (χ2n) is 10.1. The molecule has 0 saturated heterocycles. The Bertz CT molecular complexity index is 1630. The molecule has 47 heavy (non-hydrogen) atoms. The highest BCUT2D eigenvalue weighted by Crippen LogP contribution is 2.36. The van der Waals surface area contributed by atoms with Crippen LogP contribution in [-0.2, 0) is 16.1 Å². The highest BCUT2D eigenvalue weighted by molar-refractivity contribution is 14.1. The van der Waals surface area contributed by atoms with Crippen molar-refractivity contribution in [3.05, 3.63) is 91.9 Å². The van der Waals surface area contributed by atoms with Crippen LogP contribution in [0.2, 0.25) is 0 Å². The number of aliphatic hydroxyl groups is 1. The van der Waals surface area contributed by atoms with Crippen molar-refractivity contribution in [2.24, 2.45) is 5.10 Å². The van der Waals surface area contributed by atoms with Gasteiger partial charge in [0.2, 0.25) is 0 Å². The predicted molar refractivity (Wildman–Crippen MR) is 180 cm³/mol. The summed E-state index contributed by atoms with van der Waals surface area (Å²) < 4.78 is 42.3. The fraction of sp³-hybridized carbons (Fsp3) is 0.303. The third kappa shape index (κ3) is 9.48. The zero-order chi connectivity index (χ0) is 33.9. The van der Waals surface area contributed by atoms with E-state index in [0.717, 1.165) is 9.13 Å². The quantitative estimate of drug-likeness (QED) is 0.0557. The molecule has 0 bridgehead atoms. The smallest absolute Gasteiger partial charge is 0.337 e.